The monoisotopic (exact) mass is 394 g/mol. The zero-order valence-electron chi connectivity index (χ0n) is 16.0. The summed E-state index contributed by atoms with van der Waals surface area (Å²) >= 11 is 1.27. The number of imidazole rings is 1. The van der Waals surface area contributed by atoms with Crippen LogP contribution < -0.4 is 11.1 Å². The van der Waals surface area contributed by atoms with Gasteiger partial charge in [-0.05, 0) is 44.0 Å². The summed E-state index contributed by atoms with van der Waals surface area (Å²) in [5.41, 5.74) is 10.3. The Labute approximate surface area is 168 Å². The van der Waals surface area contributed by atoms with Crippen LogP contribution in [0.1, 0.15) is 18.1 Å². The van der Waals surface area contributed by atoms with Crippen LogP contribution in [0.15, 0.2) is 59.9 Å². The highest BCUT2D eigenvalue weighted by Crippen LogP contribution is 2.32. The van der Waals surface area contributed by atoms with Crippen molar-refractivity contribution in [2.75, 3.05) is 0 Å². The van der Waals surface area contributed by atoms with Gasteiger partial charge in [0, 0.05) is 11.3 Å². The fourth-order valence-electron chi connectivity index (χ4n) is 2.99. The summed E-state index contributed by atoms with van der Waals surface area (Å²) in [6.07, 6.45) is 1.80. The van der Waals surface area contributed by atoms with E-state index in [9.17, 15) is 9.59 Å². The second-order valence-corrected chi connectivity index (χ2v) is 7.89. The van der Waals surface area contributed by atoms with E-state index in [0.717, 1.165) is 28.1 Å². The molecule has 3 aromatic rings. The second-order valence-electron chi connectivity index (χ2n) is 6.59. The number of primary amides is 1. The lowest BCUT2D eigenvalue weighted by molar-refractivity contribution is -0.119. The number of nitrogens with zero attached hydrogens (tertiary/aromatic N) is 2. The largest absolute Gasteiger partial charge is 0.351 e. The van der Waals surface area contributed by atoms with Gasteiger partial charge in [-0.25, -0.2) is 9.78 Å². The first kappa shape index (κ1) is 19.7. The third kappa shape index (κ3) is 4.43. The molecule has 6 nitrogen and oxygen atoms in total. The van der Waals surface area contributed by atoms with Crippen molar-refractivity contribution in [2.24, 2.45) is 5.73 Å². The molecule has 0 saturated heterocycles. The van der Waals surface area contributed by atoms with Crippen molar-refractivity contribution < 1.29 is 9.59 Å². The van der Waals surface area contributed by atoms with Crippen molar-refractivity contribution in [1.29, 1.82) is 0 Å². The van der Waals surface area contributed by atoms with Gasteiger partial charge in [-0.3, -0.25) is 14.7 Å². The van der Waals surface area contributed by atoms with Crippen LogP contribution in [0.3, 0.4) is 0 Å². The molecule has 0 fully saturated rings. The van der Waals surface area contributed by atoms with Gasteiger partial charge in [-0.1, -0.05) is 48.2 Å². The molecule has 3 rings (SSSR count). The quantitative estimate of drug-likeness (QED) is 0.644. The molecule has 1 atom stereocenters. The van der Waals surface area contributed by atoms with Crippen LogP contribution in [0.5, 0.6) is 0 Å². The molecule has 0 bridgehead atoms. The van der Waals surface area contributed by atoms with Gasteiger partial charge in [0.2, 0.25) is 5.91 Å². The third-order valence-corrected chi connectivity index (χ3v) is 5.23. The average Bonchev–Trinajstić information content (AvgIpc) is 3.04. The maximum Gasteiger partial charge on any atom is 0.318 e. The first-order valence-corrected chi connectivity index (χ1v) is 9.72. The smallest absolute Gasteiger partial charge is 0.318 e. The van der Waals surface area contributed by atoms with Gasteiger partial charge in [-0.15, -0.1) is 0 Å². The van der Waals surface area contributed by atoms with Gasteiger partial charge < -0.3 is 5.73 Å². The third-order valence-electron chi connectivity index (χ3n) is 4.16. The molecule has 3 N–H and O–H groups in total. The van der Waals surface area contributed by atoms with E-state index in [1.807, 2.05) is 48.7 Å². The van der Waals surface area contributed by atoms with Gasteiger partial charge in [0.25, 0.3) is 0 Å². The number of hydrogen-bond donors (Lipinski definition) is 2. The number of aromatic nitrogens is 2. The first-order chi connectivity index (χ1) is 13.3. The summed E-state index contributed by atoms with van der Waals surface area (Å²) in [6, 6.07) is 15.4. The van der Waals surface area contributed by atoms with Crippen LogP contribution in [-0.2, 0) is 4.79 Å². The minimum atomic E-state index is -0.861. The van der Waals surface area contributed by atoms with E-state index in [-0.39, 0.29) is 0 Å². The molecule has 7 heteroatoms. The molecule has 1 heterocycles. The Balaban J connectivity index is 2.07. The first-order valence-electron chi connectivity index (χ1n) is 8.84. The molecule has 0 spiro atoms. The van der Waals surface area contributed by atoms with Crippen molar-refractivity contribution in [3.05, 3.63) is 65.9 Å². The van der Waals surface area contributed by atoms with Crippen LogP contribution >= 0.6 is 11.8 Å². The van der Waals surface area contributed by atoms with Crippen LogP contribution in [0.4, 0.5) is 4.79 Å². The Kier molecular flexibility index (Phi) is 5.84. The normalized spacial score (nSPS) is 11.8. The number of hydrogen-bond acceptors (Lipinski definition) is 4. The van der Waals surface area contributed by atoms with Crippen LogP contribution in [0.25, 0.3) is 16.9 Å². The molecule has 0 aliphatic carbocycles. The number of amides is 3. The highest BCUT2D eigenvalue weighted by molar-refractivity contribution is 8.00. The lowest BCUT2D eigenvalue weighted by atomic mass is 10.1. The number of benzene rings is 2. The summed E-state index contributed by atoms with van der Waals surface area (Å²) in [5.74, 6) is -0.450. The highest BCUT2D eigenvalue weighted by atomic mass is 32.2. The van der Waals surface area contributed by atoms with Crippen LogP contribution in [0, 0.1) is 13.8 Å². The minimum absolute atomic E-state index is 0.450. The van der Waals surface area contributed by atoms with E-state index < -0.39 is 17.2 Å². The summed E-state index contributed by atoms with van der Waals surface area (Å²) in [6.45, 7) is 5.81. The van der Waals surface area contributed by atoms with E-state index >= 15 is 0 Å². The molecule has 0 radical (unpaired) electrons. The Morgan fingerprint density at radius 1 is 1.11 bits per heavy atom. The van der Waals surface area contributed by atoms with Crippen LogP contribution in [0.2, 0.25) is 0 Å². The van der Waals surface area contributed by atoms with Gasteiger partial charge in [-0.2, -0.15) is 0 Å². The molecule has 0 aliphatic heterocycles. The topological polar surface area (TPSA) is 90.0 Å². The van der Waals surface area contributed by atoms with Crippen molar-refractivity contribution in [3.63, 3.8) is 0 Å². The van der Waals surface area contributed by atoms with Crippen molar-refractivity contribution >= 4 is 23.7 Å². The predicted molar refractivity (Wildman–Crippen MR) is 112 cm³/mol. The Bertz CT molecular complexity index is 994. The average molecular weight is 395 g/mol. The second kappa shape index (κ2) is 8.31. The Morgan fingerprint density at radius 3 is 2.36 bits per heavy atom. The zero-order valence-corrected chi connectivity index (χ0v) is 16.8. The fourth-order valence-corrected chi connectivity index (χ4v) is 3.90. The molecule has 0 saturated carbocycles. The van der Waals surface area contributed by atoms with Gasteiger partial charge in [0.1, 0.15) is 0 Å². The number of urea groups is 1. The number of nitrogens with two attached hydrogens (primary N) is 1. The predicted octanol–water partition coefficient (Wildman–Crippen LogP) is 3.83. The van der Waals surface area contributed by atoms with Gasteiger partial charge >= 0.3 is 6.03 Å². The van der Waals surface area contributed by atoms with Gasteiger partial charge in [0.15, 0.2) is 5.16 Å². The molecule has 3 amide bonds. The van der Waals surface area contributed by atoms with E-state index in [0.29, 0.717) is 5.16 Å². The number of carbonyl (C=O) groups is 2. The molecule has 28 heavy (non-hydrogen) atoms. The number of nitrogens with one attached hydrogen (secondary N) is 1. The molecular formula is C21H22N4O2S. The Hall–Kier alpha value is -3.06. The molecule has 144 valence electrons. The molecular weight excluding hydrogens is 372 g/mol. The summed E-state index contributed by atoms with van der Waals surface area (Å²) in [7, 11) is 0. The number of thioether (sulfide) groups is 1. The van der Waals surface area contributed by atoms with Crippen molar-refractivity contribution in [3.8, 4) is 16.9 Å². The lowest BCUT2D eigenvalue weighted by Gasteiger charge is -2.15. The zero-order chi connectivity index (χ0) is 20.3. The van der Waals surface area contributed by atoms with E-state index in [1.165, 1.54) is 11.8 Å². The van der Waals surface area contributed by atoms with Crippen LogP contribution in [-0.4, -0.2) is 26.7 Å². The molecule has 2 aromatic carbocycles. The standard InChI is InChI=1S/C21H22N4O2S/c1-13-9-14(2)11-17(10-13)25-18(16-7-5-4-6-8-16)12-23-21(25)28-15(3)19(26)24-20(22)27/h4-12,15H,1-3H3,(H3,22,24,26,27). The number of imide groups is 1. The van der Waals surface area contributed by atoms with Crippen molar-refractivity contribution in [2.45, 2.75) is 31.2 Å². The van der Waals surface area contributed by atoms with E-state index in [4.69, 9.17) is 5.73 Å². The highest BCUT2D eigenvalue weighted by Gasteiger charge is 2.21. The molecule has 1 aromatic heterocycles. The van der Waals surface area contributed by atoms with E-state index in [2.05, 4.69) is 28.5 Å². The molecule has 1 unspecified atom stereocenters. The van der Waals surface area contributed by atoms with Gasteiger partial charge in [0.05, 0.1) is 17.1 Å². The summed E-state index contributed by atoms with van der Waals surface area (Å²) in [4.78, 5) is 27.7. The maximum absolute atomic E-state index is 12.1. The Morgan fingerprint density at radius 2 is 1.75 bits per heavy atom. The van der Waals surface area contributed by atoms with E-state index in [1.54, 1.807) is 13.1 Å². The maximum atomic E-state index is 12.1. The summed E-state index contributed by atoms with van der Waals surface area (Å²) in [5, 5.41) is 2.25. The fraction of sp³-hybridized carbons (Fsp3) is 0.190. The van der Waals surface area contributed by atoms with Crippen molar-refractivity contribution in [1.82, 2.24) is 14.9 Å². The minimum Gasteiger partial charge on any atom is -0.351 e. The number of carbonyl (C=O) groups excluding carboxylic acids is 2. The molecule has 0 aliphatic rings. The summed E-state index contributed by atoms with van der Waals surface area (Å²) < 4.78 is 2.04. The number of aryl methyl sites for hydroxylation is 2. The SMILES string of the molecule is Cc1cc(C)cc(-n2c(-c3ccccc3)cnc2SC(C)C(=O)NC(N)=O)c1. The lowest BCUT2D eigenvalue weighted by Crippen LogP contribution is -2.39. The number of rotatable bonds is 5.